The number of halogens is 2. The zero-order chi connectivity index (χ0) is 15.9. The fourth-order valence-corrected chi connectivity index (χ4v) is 2.37. The van der Waals surface area contributed by atoms with Crippen LogP contribution in [-0.2, 0) is 4.74 Å². The van der Waals surface area contributed by atoms with Crippen molar-refractivity contribution in [1.29, 1.82) is 0 Å². The second kappa shape index (κ2) is 7.69. The first kappa shape index (κ1) is 16.1. The van der Waals surface area contributed by atoms with E-state index >= 15 is 0 Å². The van der Waals surface area contributed by atoms with Crippen molar-refractivity contribution in [1.82, 2.24) is 0 Å². The molecule has 0 aromatic heterocycles. The summed E-state index contributed by atoms with van der Waals surface area (Å²) in [5.41, 5.74) is 3.07. The average molecular weight is 334 g/mol. The molecule has 0 aliphatic carbocycles. The van der Waals surface area contributed by atoms with Crippen LogP contribution < -0.4 is 5.32 Å². The minimum Gasteiger partial charge on any atom is -0.419 e. The van der Waals surface area contributed by atoms with E-state index in [0.717, 1.165) is 23.0 Å². The van der Waals surface area contributed by atoms with Gasteiger partial charge in [0.2, 0.25) is 0 Å². The number of benzene rings is 2. The molecule has 112 valence electrons. The number of hydrogen-bond donors (Lipinski definition) is 1. The first-order valence-corrected chi connectivity index (χ1v) is 7.17. The molecule has 3 nitrogen and oxygen atoms in total. The van der Waals surface area contributed by atoms with E-state index in [-0.39, 0.29) is 4.49 Å². The van der Waals surface area contributed by atoms with Crippen LogP contribution >= 0.6 is 23.2 Å². The van der Waals surface area contributed by atoms with E-state index in [4.69, 9.17) is 23.2 Å². The molecule has 0 saturated heterocycles. The molecule has 1 amide bonds. The maximum atomic E-state index is 11.3. The zero-order valence-electron chi connectivity index (χ0n) is 11.6. The van der Waals surface area contributed by atoms with Gasteiger partial charge >= 0.3 is 6.09 Å². The van der Waals surface area contributed by atoms with Gasteiger partial charge in [0.25, 0.3) is 0 Å². The van der Waals surface area contributed by atoms with E-state index in [1.165, 1.54) is 0 Å². The molecular weight excluding hydrogens is 321 g/mol. The molecule has 2 aromatic rings. The Morgan fingerprint density at radius 3 is 2.14 bits per heavy atom. The van der Waals surface area contributed by atoms with E-state index in [2.05, 4.69) is 16.6 Å². The second-order valence-corrected chi connectivity index (χ2v) is 5.23. The molecule has 0 spiro atoms. The maximum Gasteiger partial charge on any atom is 0.416 e. The number of rotatable bonds is 4. The number of ether oxygens (including phenoxy) is 1. The van der Waals surface area contributed by atoms with Crippen LogP contribution in [-0.4, -0.2) is 6.09 Å². The second-order valence-electron chi connectivity index (χ2n) is 4.28. The normalized spacial score (nSPS) is 9.73. The number of nitrogens with one attached hydrogen (secondary N) is 1. The fraction of sp³-hybridized carbons (Fsp3) is 0. The molecule has 0 heterocycles. The molecule has 0 atom stereocenters. The standard InChI is InChI=1S/C17H13Cl2NO2/c1-2-22-17(21)20-14-10-8-13(9-11-14)15(16(18)19)12-6-4-3-5-7-12/h2-11H,1H2,(H,20,21). The predicted octanol–water partition coefficient (Wildman–Crippen LogP) is 5.57. The lowest BCUT2D eigenvalue weighted by atomic mass is 9.99. The molecule has 0 saturated carbocycles. The van der Waals surface area contributed by atoms with Crippen LogP contribution in [0.4, 0.5) is 10.5 Å². The molecule has 0 unspecified atom stereocenters. The Bertz CT molecular complexity index is 690. The van der Waals surface area contributed by atoms with Crippen LogP contribution in [0.2, 0.25) is 0 Å². The molecule has 0 aliphatic rings. The molecule has 5 heteroatoms. The van der Waals surface area contributed by atoms with Gasteiger partial charge in [-0.3, -0.25) is 5.32 Å². The summed E-state index contributed by atoms with van der Waals surface area (Å²) in [4.78, 5) is 11.3. The highest BCUT2D eigenvalue weighted by atomic mass is 35.5. The first-order valence-electron chi connectivity index (χ1n) is 6.41. The molecule has 0 aliphatic heterocycles. The van der Waals surface area contributed by atoms with E-state index < -0.39 is 6.09 Å². The van der Waals surface area contributed by atoms with Crippen molar-refractivity contribution in [3.8, 4) is 0 Å². The van der Waals surface area contributed by atoms with Gasteiger partial charge < -0.3 is 4.74 Å². The van der Waals surface area contributed by atoms with E-state index in [9.17, 15) is 4.79 Å². The SMILES string of the molecule is C=COC(=O)Nc1ccc(C(=C(Cl)Cl)c2ccccc2)cc1. The number of hydrogen-bond acceptors (Lipinski definition) is 2. The molecule has 0 fully saturated rings. The first-order chi connectivity index (χ1) is 10.6. The number of carbonyl (C=O) groups is 1. The Labute approximate surface area is 138 Å². The van der Waals surface area contributed by atoms with Gasteiger partial charge in [-0.2, -0.15) is 0 Å². The van der Waals surface area contributed by atoms with Crippen LogP contribution in [0.15, 0.2) is 71.9 Å². The van der Waals surface area contributed by atoms with Crippen LogP contribution in [0, 0.1) is 0 Å². The monoisotopic (exact) mass is 333 g/mol. The summed E-state index contributed by atoms with van der Waals surface area (Å²) in [5.74, 6) is 0. The van der Waals surface area contributed by atoms with E-state index in [1.54, 1.807) is 12.1 Å². The average Bonchev–Trinajstić information content (AvgIpc) is 2.50. The Balaban J connectivity index is 2.27. The lowest BCUT2D eigenvalue weighted by molar-refractivity contribution is 0.201. The molecule has 2 rings (SSSR count). The van der Waals surface area contributed by atoms with Crippen molar-refractivity contribution in [2.75, 3.05) is 5.32 Å². The fourth-order valence-electron chi connectivity index (χ4n) is 1.93. The third kappa shape index (κ3) is 4.13. The molecule has 1 N–H and O–H groups in total. The zero-order valence-corrected chi connectivity index (χ0v) is 13.1. The molecule has 2 aromatic carbocycles. The quantitative estimate of drug-likeness (QED) is 0.742. The van der Waals surface area contributed by atoms with Gasteiger partial charge in [0.1, 0.15) is 4.49 Å². The summed E-state index contributed by atoms with van der Waals surface area (Å²) >= 11 is 12.0. The number of anilines is 1. The Morgan fingerprint density at radius 1 is 1.00 bits per heavy atom. The molecule has 22 heavy (non-hydrogen) atoms. The van der Waals surface area contributed by atoms with Crippen molar-refractivity contribution >= 4 is 40.6 Å². The van der Waals surface area contributed by atoms with Crippen LogP contribution in [0.25, 0.3) is 5.57 Å². The van der Waals surface area contributed by atoms with Gasteiger partial charge in [0, 0.05) is 11.3 Å². The summed E-state index contributed by atoms with van der Waals surface area (Å²) < 4.78 is 4.77. The summed E-state index contributed by atoms with van der Waals surface area (Å²) in [6.45, 7) is 3.31. The van der Waals surface area contributed by atoms with Gasteiger partial charge in [-0.05, 0) is 23.3 Å². The topological polar surface area (TPSA) is 38.3 Å². The Kier molecular flexibility index (Phi) is 5.64. The summed E-state index contributed by atoms with van der Waals surface area (Å²) in [6.07, 6.45) is 0.463. The summed E-state index contributed by atoms with van der Waals surface area (Å²) in [7, 11) is 0. The van der Waals surface area contributed by atoms with Crippen LogP contribution in [0.1, 0.15) is 11.1 Å². The van der Waals surface area contributed by atoms with Crippen LogP contribution in [0.3, 0.4) is 0 Å². The highest BCUT2D eigenvalue weighted by Crippen LogP contribution is 2.31. The highest BCUT2D eigenvalue weighted by molar-refractivity contribution is 6.59. The predicted molar refractivity (Wildman–Crippen MR) is 90.9 cm³/mol. The Hall–Kier alpha value is -2.23. The maximum absolute atomic E-state index is 11.3. The van der Waals surface area contributed by atoms with Gasteiger partial charge in [0.05, 0.1) is 6.26 Å². The third-order valence-corrected chi connectivity index (χ3v) is 3.24. The minimum atomic E-state index is -0.600. The van der Waals surface area contributed by atoms with Crippen LogP contribution in [0.5, 0.6) is 0 Å². The molecule has 0 bridgehead atoms. The molecule has 0 radical (unpaired) electrons. The van der Waals surface area contributed by atoms with Gasteiger partial charge in [-0.15, -0.1) is 0 Å². The number of amides is 1. The van der Waals surface area contributed by atoms with E-state index in [0.29, 0.717) is 5.69 Å². The lowest BCUT2D eigenvalue weighted by Crippen LogP contribution is -2.10. The van der Waals surface area contributed by atoms with E-state index in [1.807, 2.05) is 42.5 Å². The van der Waals surface area contributed by atoms with Gasteiger partial charge in [-0.25, -0.2) is 4.79 Å². The highest BCUT2D eigenvalue weighted by Gasteiger charge is 2.10. The molecular formula is C17H13Cl2NO2. The summed E-state index contributed by atoms with van der Waals surface area (Å²) in [5, 5.41) is 2.56. The van der Waals surface area contributed by atoms with Crippen molar-refractivity contribution in [2.24, 2.45) is 0 Å². The summed E-state index contributed by atoms with van der Waals surface area (Å²) in [6, 6.07) is 16.7. The van der Waals surface area contributed by atoms with Crippen molar-refractivity contribution in [3.05, 3.63) is 83.1 Å². The van der Waals surface area contributed by atoms with Crippen molar-refractivity contribution in [3.63, 3.8) is 0 Å². The van der Waals surface area contributed by atoms with Gasteiger partial charge in [0.15, 0.2) is 0 Å². The van der Waals surface area contributed by atoms with Crippen molar-refractivity contribution < 1.29 is 9.53 Å². The minimum absolute atomic E-state index is 0.179. The third-order valence-electron chi connectivity index (χ3n) is 2.86. The Morgan fingerprint density at radius 2 is 1.59 bits per heavy atom. The lowest BCUT2D eigenvalue weighted by Gasteiger charge is -2.10. The largest absolute Gasteiger partial charge is 0.419 e. The number of carbonyl (C=O) groups excluding carboxylic acids is 1. The van der Waals surface area contributed by atoms with Gasteiger partial charge in [-0.1, -0.05) is 72.2 Å². The van der Waals surface area contributed by atoms with Crippen molar-refractivity contribution in [2.45, 2.75) is 0 Å². The smallest absolute Gasteiger partial charge is 0.416 e.